The van der Waals surface area contributed by atoms with E-state index < -0.39 is 17.9 Å². The molecule has 2 aliphatic rings. The number of rotatable bonds is 7. The molecule has 0 amide bonds. The van der Waals surface area contributed by atoms with Crippen LogP contribution in [-0.4, -0.2) is 28.9 Å². The molecule has 4 nitrogen and oxygen atoms in total. The standard InChI is InChI=1S/C24H26F3N3O/c25-16-5-3-14(4-6-16)22-20(18-9-17(26)10-19(27)23(18)30-22)15-7-12(8-15)11-29-24(31)21(28)13-1-2-13/h3-6,9-10,12-13,15,21,24,29-31H,1-2,7-8,11,28H2/t12?,15?,21-,24?/m1/s1. The molecular formula is C24H26F3N3O. The normalized spacial score (nSPS) is 23.0. The van der Waals surface area contributed by atoms with Crippen LogP contribution in [0.5, 0.6) is 0 Å². The van der Waals surface area contributed by atoms with E-state index in [0.29, 0.717) is 29.5 Å². The van der Waals surface area contributed by atoms with Crippen molar-refractivity contribution < 1.29 is 18.3 Å². The maximum Gasteiger partial charge on any atom is 0.150 e. The van der Waals surface area contributed by atoms with Gasteiger partial charge in [0.1, 0.15) is 23.7 Å². The monoisotopic (exact) mass is 429 g/mol. The summed E-state index contributed by atoms with van der Waals surface area (Å²) in [6.45, 7) is 0.648. The first-order chi connectivity index (χ1) is 14.9. The largest absolute Gasteiger partial charge is 0.377 e. The van der Waals surface area contributed by atoms with Crippen LogP contribution in [0, 0.1) is 29.3 Å². The molecule has 3 aromatic rings. The average molecular weight is 429 g/mol. The second kappa shape index (κ2) is 7.97. The van der Waals surface area contributed by atoms with Gasteiger partial charge in [-0.2, -0.15) is 0 Å². The summed E-state index contributed by atoms with van der Waals surface area (Å²) in [5, 5.41) is 13.9. The lowest BCUT2D eigenvalue weighted by molar-refractivity contribution is 0.0870. The van der Waals surface area contributed by atoms with Gasteiger partial charge in [0.2, 0.25) is 0 Å². The Bertz CT molecular complexity index is 1090. The summed E-state index contributed by atoms with van der Waals surface area (Å²) < 4.78 is 41.9. The van der Waals surface area contributed by atoms with Crippen molar-refractivity contribution in [2.24, 2.45) is 17.6 Å². The fourth-order valence-corrected chi connectivity index (χ4v) is 4.81. The Labute approximate surface area is 178 Å². The molecule has 7 heteroatoms. The summed E-state index contributed by atoms with van der Waals surface area (Å²) in [6.07, 6.45) is 3.10. The molecular weight excluding hydrogens is 403 g/mol. The highest BCUT2D eigenvalue weighted by molar-refractivity contribution is 5.92. The number of fused-ring (bicyclic) bond motifs is 1. The lowest BCUT2D eigenvalue weighted by Crippen LogP contribution is -2.48. The fourth-order valence-electron chi connectivity index (χ4n) is 4.81. The predicted octanol–water partition coefficient (Wildman–Crippen LogP) is 4.39. The zero-order valence-corrected chi connectivity index (χ0v) is 17.0. The van der Waals surface area contributed by atoms with Gasteiger partial charge in [-0.1, -0.05) is 0 Å². The Morgan fingerprint density at radius 2 is 1.77 bits per heavy atom. The average Bonchev–Trinajstić information content (AvgIpc) is 3.49. The number of nitrogens with two attached hydrogens (primary N) is 1. The van der Waals surface area contributed by atoms with Gasteiger partial charge < -0.3 is 15.8 Å². The zero-order chi connectivity index (χ0) is 21.7. The molecule has 0 spiro atoms. The molecule has 1 unspecified atom stereocenters. The summed E-state index contributed by atoms with van der Waals surface area (Å²) in [7, 11) is 0. The minimum absolute atomic E-state index is 0.121. The number of H-pyrrole nitrogens is 1. The van der Waals surface area contributed by atoms with Gasteiger partial charge in [-0.3, -0.25) is 5.32 Å². The summed E-state index contributed by atoms with van der Waals surface area (Å²) in [4.78, 5) is 3.11. The van der Waals surface area contributed by atoms with Crippen LogP contribution in [0.1, 0.15) is 37.2 Å². The molecule has 2 saturated carbocycles. The molecule has 1 heterocycles. The van der Waals surface area contributed by atoms with Crippen molar-refractivity contribution in [3.05, 3.63) is 59.4 Å². The lowest BCUT2D eigenvalue weighted by atomic mass is 9.70. The maximum atomic E-state index is 14.5. The molecule has 2 aromatic carbocycles. The fraction of sp³-hybridized carbons (Fsp3) is 0.417. The number of benzene rings is 2. The molecule has 1 aromatic heterocycles. The number of halogens is 3. The van der Waals surface area contributed by atoms with E-state index in [9.17, 15) is 18.3 Å². The van der Waals surface area contributed by atoms with Gasteiger partial charge in [0.15, 0.2) is 0 Å². The number of aromatic nitrogens is 1. The van der Waals surface area contributed by atoms with E-state index in [1.165, 1.54) is 18.2 Å². The van der Waals surface area contributed by atoms with E-state index in [1.807, 2.05) is 0 Å². The van der Waals surface area contributed by atoms with Crippen molar-refractivity contribution in [2.45, 2.75) is 43.9 Å². The number of aromatic amines is 1. The van der Waals surface area contributed by atoms with Gasteiger partial charge in [-0.15, -0.1) is 0 Å². The Morgan fingerprint density at radius 1 is 1.06 bits per heavy atom. The first-order valence-corrected chi connectivity index (χ1v) is 10.8. The highest BCUT2D eigenvalue weighted by atomic mass is 19.1. The van der Waals surface area contributed by atoms with Gasteiger partial charge in [0.25, 0.3) is 0 Å². The highest BCUT2D eigenvalue weighted by Gasteiger charge is 2.37. The third kappa shape index (κ3) is 3.97. The number of hydrogen-bond donors (Lipinski definition) is 4. The van der Waals surface area contributed by atoms with Crippen LogP contribution in [0.25, 0.3) is 22.2 Å². The third-order valence-corrected chi connectivity index (χ3v) is 6.79. The summed E-state index contributed by atoms with van der Waals surface area (Å²) >= 11 is 0. The molecule has 2 aliphatic carbocycles. The quantitative estimate of drug-likeness (QED) is 0.421. The number of nitrogens with one attached hydrogen (secondary N) is 2. The van der Waals surface area contributed by atoms with Crippen molar-refractivity contribution in [3.8, 4) is 11.3 Å². The number of aliphatic hydroxyl groups is 1. The van der Waals surface area contributed by atoms with Gasteiger partial charge in [-0.05, 0) is 84.9 Å². The van der Waals surface area contributed by atoms with Gasteiger partial charge in [0, 0.05) is 24.0 Å². The van der Waals surface area contributed by atoms with Crippen LogP contribution in [0.15, 0.2) is 36.4 Å². The van der Waals surface area contributed by atoms with E-state index >= 15 is 0 Å². The Kier molecular flexibility index (Phi) is 5.28. The maximum absolute atomic E-state index is 14.5. The summed E-state index contributed by atoms with van der Waals surface area (Å²) in [5.74, 6) is -0.737. The first kappa shape index (κ1) is 20.5. The van der Waals surface area contributed by atoms with E-state index in [1.54, 1.807) is 12.1 Å². The van der Waals surface area contributed by atoms with Crippen molar-refractivity contribution in [1.82, 2.24) is 10.3 Å². The van der Waals surface area contributed by atoms with Gasteiger partial charge >= 0.3 is 0 Å². The van der Waals surface area contributed by atoms with Crippen LogP contribution >= 0.6 is 0 Å². The molecule has 5 N–H and O–H groups in total. The molecule has 31 heavy (non-hydrogen) atoms. The Balaban J connectivity index is 1.37. The zero-order valence-electron chi connectivity index (χ0n) is 17.0. The Hall–Kier alpha value is -2.35. The number of hydrogen-bond acceptors (Lipinski definition) is 3. The minimum atomic E-state index is -0.711. The van der Waals surface area contributed by atoms with Crippen LogP contribution in [0.3, 0.4) is 0 Å². The van der Waals surface area contributed by atoms with E-state index in [-0.39, 0.29) is 23.3 Å². The van der Waals surface area contributed by atoms with Crippen molar-refractivity contribution in [2.75, 3.05) is 6.54 Å². The summed E-state index contributed by atoms with van der Waals surface area (Å²) in [6, 6.07) is 8.01. The van der Waals surface area contributed by atoms with Crippen LogP contribution in [0.2, 0.25) is 0 Å². The molecule has 2 fully saturated rings. The second-order valence-electron chi connectivity index (χ2n) is 9.03. The smallest absolute Gasteiger partial charge is 0.150 e. The van der Waals surface area contributed by atoms with Crippen molar-refractivity contribution in [3.63, 3.8) is 0 Å². The van der Waals surface area contributed by atoms with Crippen molar-refractivity contribution >= 4 is 10.9 Å². The third-order valence-electron chi connectivity index (χ3n) is 6.79. The van der Waals surface area contributed by atoms with Crippen LogP contribution in [-0.2, 0) is 0 Å². The summed E-state index contributed by atoms with van der Waals surface area (Å²) in [5.41, 5.74) is 8.61. The molecule has 0 aliphatic heterocycles. The number of aliphatic hydroxyl groups excluding tert-OH is 1. The lowest BCUT2D eigenvalue weighted by Gasteiger charge is -2.37. The molecule has 5 rings (SSSR count). The van der Waals surface area contributed by atoms with Gasteiger partial charge in [0.05, 0.1) is 11.2 Å². The van der Waals surface area contributed by atoms with E-state index in [0.717, 1.165) is 42.9 Å². The van der Waals surface area contributed by atoms with Crippen molar-refractivity contribution in [1.29, 1.82) is 0 Å². The molecule has 164 valence electrons. The predicted molar refractivity (Wildman–Crippen MR) is 114 cm³/mol. The topological polar surface area (TPSA) is 74.1 Å². The van der Waals surface area contributed by atoms with E-state index in [4.69, 9.17) is 5.73 Å². The van der Waals surface area contributed by atoms with E-state index in [2.05, 4.69) is 10.3 Å². The SMILES string of the molecule is N[C@H](C1CC1)C(O)NCC1CC(c2c(-c3ccc(F)cc3)[nH]c3c(F)cc(F)cc23)C1. The van der Waals surface area contributed by atoms with Gasteiger partial charge in [-0.25, -0.2) is 13.2 Å². The molecule has 0 radical (unpaired) electrons. The van der Waals surface area contributed by atoms with Crippen LogP contribution in [0.4, 0.5) is 13.2 Å². The molecule has 0 saturated heterocycles. The molecule has 0 bridgehead atoms. The van der Waals surface area contributed by atoms with Crippen LogP contribution < -0.4 is 11.1 Å². The highest BCUT2D eigenvalue weighted by Crippen LogP contribution is 2.48. The minimum Gasteiger partial charge on any atom is -0.377 e. The Morgan fingerprint density at radius 3 is 2.45 bits per heavy atom. The first-order valence-electron chi connectivity index (χ1n) is 10.8. The molecule has 2 atom stereocenters. The second-order valence-corrected chi connectivity index (χ2v) is 9.03.